The van der Waals surface area contributed by atoms with Crippen molar-refractivity contribution in [1.29, 1.82) is 10.5 Å². The standard InChI is InChI=1S/C19H18N8O2/c1-2-3-13(28)29-11-6-4-10(5-7-11)16-14-15(22)12(8-20)17(23)26-18(14)27-19(25-16)24-9-21/h4-7,16H,2-3H2,1H3,(H6,22,23,24,25,26,27). The van der Waals surface area contributed by atoms with E-state index in [0.717, 1.165) is 0 Å². The number of pyridine rings is 1. The normalized spacial score (nSPS) is 14.4. The fourth-order valence-electron chi connectivity index (χ4n) is 2.93. The van der Waals surface area contributed by atoms with Crippen molar-refractivity contribution < 1.29 is 9.53 Å². The number of nitrogens with one attached hydrogen (secondary N) is 2. The third-order valence-corrected chi connectivity index (χ3v) is 4.24. The largest absolute Gasteiger partial charge is 0.427 e. The number of nitrogen functional groups attached to an aromatic ring is 2. The number of ether oxygens (including phenoxy) is 1. The second-order valence-corrected chi connectivity index (χ2v) is 6.19. The van der Waals surface area contributed by atoms with E-state index in [0.29, 0.717) is 35.5 Å². The average molecular weight is 390 g/mol. The van der Waals surface area contributed by atoms with E-state index in [1.807, 2.05) is 13.0 Å². The number of esters is 1. The highest BCUT2D eigenvalue weighted by atomic mass is 16.5. The number of rotatable bonds is 4. The highest BCUT2D eigenvalue weighted by molar-refractivity contribution is 5.98. The van der Waals surface area contributed by atoms with E-state index < -0.39 is 6.04 Å². The van der Waals surface area contributed by atoms with Crippen LogP contribution in [0.25, 0.3) is 0 Å². The lowest BCUT2D eigenvalue weighted by Crippen LogP contribution is -2.32. The molecule has 1 aromatic heterocycles. The number of aromatic nitrogens is 1. The van der Waals surface area contributed by atoms with Gasteiger partial charge in [0, 0.05) is 12.0 Å². The van der Waals surface area contributed by atoms with Crippen LogP contribution in [0.1, 0.15) is 42.5 Å². The minimum absolute atomic E-state index is 0.0219. The fraction of sp³-hybridized carbons (Fsp3) is 0.211. The quantitative estimate of drug-likeness (QED) is 0.262. The van der Waals surface area contributed by atoms with Crippen LogP contribution in [-0.4, -0.2) is 16.9 Å². The van der Waals surface area contributed by atoms with Crippen LogP contribution in [0.3, 0.4) is 0 Å². The fourth-order valence-corrected chi connectivity index (χ4v) is 2.93. The molecule has 0 saturated heterocycles. The smallest absolute Gasteiger partial charge is 0.311 e. The number of nitrogens with two attached hydrogens (primary N) is 2. The Balaban J connectivity index is 2.03. The molecular formula is C19H18N8O2. The van der Waals surface area contributed by atoms with E-state index >= 15 is 0 Å². The molecule has 10 heteroatoms. The lowest BCUT2D eigenvalue weighted by atomic mass is 9.95. The third-order valence-electron chi connectivity index (χ3n) is 4.24. The van der Waals surface area contributed by atoms with Gasteiger partial charge in [0.1, 0.15) is 35.1 Å². The van der Waals surface area contributed by atoms with Crippen LogP contribution in [-0.2, 0) is 4.79 Å². The molecule has 146 valence electrons. The summed E-state index contributed by atoms with van der Waals surface area (Å²) in [5.74, 6) is 0.538. The number of fused-ring (bicyclic) bond motifs is 1. The lowest BCUT2D eigenvalue weighted by Gasteiger charge is -2.26. The zero-order chi connectivity index (χ0) is 21.0. The number of nitriles is 2. The second kappa shape index (κ2) is 8.15. The molecule has 1 aliphatic rings. The van der Waals surface area contributed by atoms with Crippen molar-refractivity contribution in [1.82, 2.24) is 10.3 Å². The molecule has 1 atom stereocenters. The summed E-state index contributed by atoms with van der Waals surface area (Å²) in [6.07, 6.45) is 2.82. The molecule has 2 aromatic rings. The van der Waals surface area contributed by atoms with Crippen LogP contribution in [0, 0.1) is 22.8 Å². The van der Waals surface area contributed by atoms with Gasteiger partial charge in [-0.05, 0) is 24.1 Å². The lowest BCUT2D eigenvalue weighted by molar-refractivity contribution is -0.134. The Labute approximate surface area is 166 Å². The zero-order valence-corrected chi connectivity index (χ0v) is 15.6. The van der Waals surface area contributed by atoms with Gasteiger partial charge in [0.25, 0.3) is 0 Å². The molecule has 10 nitrogen and oxygen atoms in total. The van der Waals surface area contributed by atoms with Gasteiger partial charge in [0.15, 0.2) is 6.19 Å². The number of carbonyl (C=O) groups is 1. The highest BCUT2D eigenvalue weighted by Crippen LogP contribution is 2.40. The number of hydrogen-bond acceptors (Lipinski definition) is 10. The first kappa shape index (κ1) is 19.5. The van der Waals surface area contributed by atoms with Gasteiger partial charge in [-0.3, -0.25) is 10.1 Å². The monoisotopic (exact) mass is 390 g/mol. The molecule has 0 amide bonds. The maximum atomic E-state index is 11.7. The predicted octanol–water partition coefficient (Wildman–Crippen LogP) is 1.76. The number of anilines is 3. The van der Waals surface area contributed by atoms with Crippen LogP contribution in [0.5, 0.6) is 5.75 Å². The van der Waals surface area contributed by atoms with Gasteiger partial charge in [0.05, 0.1) is 5.69 Å². The van der Waals surface area contributed by atoms with Crippen molar-refractivity contribution in [2.24, 2.45) is 4.99 Å². The molecule has 0 bridgehead atoms. The summed E-state index contributed by atoms with van der Waals surface area (Å²) < 4.78 is 5.26. The number of guanidine groups is 1. The summed E-state index contributed by atoms with van der Waals surface area (Å²) in [4.78, 5) is 20.3. The Kier molecular flexibility index (Phi) is 5.47. The van der Waals surface area contributed by atoms with Gasteiger partial charge in [0.2, 0.25) is 5.96 Å². The zero-order valence-electron chi connectivity index (χ0n) is 15.6. The van der Waals surface area contributed by atoms with Crippen LogP contribution in [0.15, 0.2) is 29.3 Å². The van der Waals surface area contributed by atoms with Crippen LogP contribution in [0.2, 0.25) is 0 Å². The summed E-state index contributed by atoms with van der Waals surface area (Å²) in [7, 11) is 0. The van der Waals surface area contributed by atoms with Gasteiger partial charge < -0.3 is 21.5 Å². The first-order chi connectivity index (χ1) is 14.0. The van der Waals surface area contributed by atoms with E-state index in [2.05, 4.69) is 20.6 Å². The number of nitrogens with zero attached hydrogens (tertiary/aromatic N) is 4. The molecule has 1 unspecified atom stereocenters. The van der Waals surface area contributed by atoms with E-state index in [9.17, 15) is 10.1 Å². The van der Waals surface area contributed by atoms with Gasteiger partial charge in [-0.1, -0.05) is 19.1 Å². The van der Waals surface area contributed by atoms with E-state index in [1.165, 1.54) is 0 Å². The Hall–Kier alpha value is -4.31. The summed E-state index contributed by atoms with van der Waals surface area (Å²) >= 11 is 0. The minimum Gasteiger partial charge on any atom is -0.427 e. The molecule has 1 aliphatic heterocycles. The first-order valence-electron chi connectivity index (χ1n) is 8.78. The summed E-state index contributed by atoms with van der Waals surface area (Å²) in [6.45, 7) is 1.89. The Morgan fingerprint density at radius 3 is 2.66 bits per heavy atom. The molecule has 29 heavy (non-hydrogen) atoms. The number of benzene rings is 1. The topological polar surface area (TPSA) is 175 Å². The molecule has 0 radical (unpaired) electrons. The van der Waals surface area contributed by atoms with Crippen LogP contribution >= 0.6 is 0 Å². The van der Waals surface area contributed by atoms with Crippen molar-refractivity contribution in [3.63, 3.8) is 0 Å². The average Bonchev–Trinajstić information content (AvgIpc) is 2.68. The summed E-state index contributed by atoms with van der Waals surface area (Å²) in [6, 6.07) is 8.04. The van der Waals surface area contributed by atoms with E-state index in [4.69, 9.17) is 21.5 Å². The molecular weight excluding hydrogens is 372 g/mol. The van der Waals surface area contributed by atoms with Crippen molar-refractivity contribution >= 4 is 29.3 Å². The van der Waals surface area contributed by atoms with E-state index in [-0.39, 0.29) is 29.0 Å². The third kappa shape index (κ3) is 3.87. The molecule has 0 spiro atoms. The van der Waals surface area contributed by atoms with Gasteiger partial charge in [-0.25, -0.2) is 9.98 Å². The second-order valence-electron chi connectivity index (χ2n) is 6.19. The summed E-state index contributed by atoms with van der Waals surface area (Å²) in [5, 5.41) is 23.6. The van der Waals surface area contributed by atoms with Crippen LogP contribution < -0.4 is 26.8 Å². The predicted molar refractivity (Wildman–Crippen MR) is 106 cm³/mol. The molecule has 3 rings (SSSR count). The number of hydrogen-bond donors (Lipinski definition) is 4. The number of aliphatic imine (C=N–C) groups is 1. The molecule has 0 fully saturated rings. The Morgan fingerprint density at radius 2 is 2.03 bits per heavy atom. The number of carbonyl (C=O) groups excluding carboxylic acids is 1. The van der Waals surface area contributed by atoms with Crippen molar-refractivity contribution in [3.8, 4) is 18.0 Å². The molecule has 0 saturated carbocycles. The van der Waals surface area contributed by atoms with Gasteiger partial charge in [-0.2, -0.15) is 10.5 Å². The van der Waals surface area contributed by atoms with Gasteiger partial charge >= 0.3 is 5.97 Å². The van der Waals surface area contributed by atoms with Gasteiger partial charge in [-0.15, -0.1) is 0 Å². The first-order valence-corrected chi connectivity index (χ1v) is 8.78. The van der Waals surface area contributed by atoms with Crippen LogP contribution in [0.4, 0.5) is 17.3 Å². The van der Waals surface area contributed by atoms with Crippen molar-refractivity contribution in [2.45, 2.75) is 25.8 Å². The van der Waals surface area contributed by atoms with Crippen molar-refractivity contribution in [3.05, 3.63) is 41.0 Å². The SMILES string of the molecule is CCCC(=O)Oc1ccc(C2N=C(NC#N)Nc3nc(N)c(C#N)c(N)c32)cc1. The molecule has 6 N–H and O–H groups in total. The van der Waals surface area contributed by atoms with Crippen molar-refractivity contribution in [2.75, 3.05) is 16.8 Å². The minimum atomic E-state index is -0.650. The maximum absolute atomic E-state index is 11.7. The molecule has 2 heterocycles. The molecule has 0 aliphatic carbocycles. The Bertz CT molecular complexity index is 1060. The van der Waals surface area contributed by atoms with E-state index in [1.54, 1.807) is 30.5 Å². The maximum Gasteiger partial charge on any atom is 0.311 e. The molecule has 1 aromatic carbocycles. The highest BCUT2D eigenvalue weighted by Gasteiger charge is 2.29. The Morgan fingerprint density at radius 1 is 1.31 bits per heavy atom. The summed E-state index contributed by atoms with van der Waals surface area (Å²) in [5.41, 5.74) is 13.4.